The number of esters is 1. The zero-order chi connectivity index (χ0) is 21.3. The molecular formula is C22H19FN4O3. The molecule has 8 heteroatoms. The molecule has 0 saturated carbocycles. The molecule has 3 aromatic rings. The topological polar surface area (TPSA) is 92.7 Å². The fourth-order valence-corrected chi connectivity index (χ4v) is 2.56. The highest BCUT2D eigenvalue weighted by molar-refractivity contribution is 6.10. The Morgan fingerprint density at radius 3 is 2.50 bits per heavy atom. The number of hydrogen-bond acceptors (Lipinski definition) is 5. The van der Waals surface area contributed by atoms with E-state index in [4.69, 9.17) is 4.74 Å². The van der Waals surface area contributed by atoms with E-state index < -0.39 is 17.7 Å². The molecule has 2 aromatic carbocycles. The summed E-state index contributed by atoms with van der Waals surface area (Å²) >= 11 is 0. The second kappa shape index (κ2) is 9.92. The lowest BCUT2D eigenvalue weighted by atomic mass is 10.2. The summed E-state index contributed by atoms with van der Waals surface area (Å²) in [5, 5.41) is 5.63. The van der Waals surface area contributed by atoms with Crippen LogP contribution in [0, 0.1) is 5.82 Å². The molecule has 0 radical (unpaired) electrons. The van der Waals surface area contributed by atoms with Gasteiger partial charge in [0.15, 0.2) is 0 Å². The van der Waals surface area contributed by atoms with E-state index >= 15 is 0 Å². The average Bonchev–Trinajstić information content (AvgIpc) is 2.77. The minimum Gasteiger partial charge on any atom is -0.465 e. The second-order valence-corrected chi connectivity index (χ2v) is 6.18. The number of nitrogens with one attached hydrogen (secondary N) is 2. The largest absolute Gasteiger partial charge is 0.465 e. The molecule has 0 spiro atoms. The molecule has 0 aliphatic rings. The number of nitrogens with zero attached hydrogens (tertiary/aromatic N) is 2. The van der Waals surface area contributed by atoms with E-state index in [-0.39, 0.29) is 18.1 Å². The van der Waals surface area contributed by atoms with E-state index in [1.165, 1.54) is 25.3 Å². The fourth-order valence-electron chi connectivity index (χ4n) is 2.56. The minimum absolute atomic E-state index is 0.142. The highest BCUT2D eigenvalue weighted by Gasteiger charge is 2.12. The van der Waals surface area contributed by atoms with Crippen molar-refractivity contribution in [3.8, 4) is 0 Å². The Labute approximate surface area is 172 Å². The van der Waals surface area contributed by atoms with Gasteiger partial charge in [0.05, 0.1) is 19.2 Å². The Kier molecular flexibility index (Phi) is 6.83. The Morgan fingerprint density at radius 2 is 1.77 bits per heavy atom. The van der Waals surface area contributed by atoms with Gasteiger partial charge in [-0.1, -0.05) is 12.1 Å². The van der Waals surface area contributed by atoms with Gasteiger partial charge in [-0.25, -0.2) is 14.2 Å². The molecule has 0 unspecified atom stereocenters. The molecule has 0 atom stereocenters. The molecule has 1 heterocycles. The lowest BCUT2D eigenvalue weighted by molar-refractivity contribution is 0.0600. The second-order valence-electron chi connectivity index (χ2n) is 6.18. The van der Waals surface area contributed by atoms with Gasteiger partial charge in [-0.3, -0.25) is 15.1 Å². The van der Waals surface area contributed by atoms with E-state index in [1.54, 1.807) is 48.8 Å². The third-order valence-electron chi connectivity index (χ3n) is 4.03. The number of rotatable bonds is 5. The molecule has 0 aliphatic carbocycles. The van der Waals surface area contributed by atoms with Crippen molar-refractivity contribution >= 4 is 23.5 Å². The van der Waals surface area contributed by atoms with Crippen molar-refractivity contribution in [3.63, 3.8) is 0 Å². The van der Waals surface area contributed by atoms with Crippen molar-refractivity contribution in [2.45, 2.75) is 6.54 Å². The fraction of sp³-hybridized carbons (Fsp3) is 0.0909. The number of carbonyl (C=O) groups is 2. The molecule has 0 aliphatic heterocycles. The number of halogens is 1. The molecule has 2 N–H and O–H groups in total. The Morgan fingerprint density at radius 1 is 1.03 bits per heavy atom. The van der Waals surface area contributed by atoms with Crippen molar-refractivity contribution in [2.24, 2.45) is 4.99 Å². The van der Waals surface area contributed by atoms with Crippen LogP contribution in [0.2, 0.25) is 0 Å². The summed E-state index contributed by atoms with van der Waals surface area (Å²) in [5.74, 6) is -1.39. The third-order valence-corrected chi connectivity index (χ3v) is 4.03. The van der Waals surface area contributed by atoms with E-state index in [2.05, 4.69) is 20.6 Å². The molecule has 1 aromatic heterocycles. The maximum absolute atomic E-state index is 13.5. The van der Waals surface area contributed by atoms with Gasteiger partial charge in [0.1, 0.15) is 5.82 Å². The quantitative estimate of drug-likeness (QED) is 0.385. The van der Waals surface area contributed by atoms with Gasteiger partial charge in [-0.2, -0.15) is 0 Å². The number of pyridine rings is 1. The average molecular weight is 406 g/mol. The molecule has 30 heavy (non-hydrogen) atoms. The lowest BCUT2D eigenvalue weighted by Gasteiger charge is -2.13. The number of hydrogen-bond donors (Lipinski definition) is 2. The highest BCUT2D eigenvalue weighted by Crippen LogP contribution is 2.12. The van der Waals surface area contributed by atoms with E-state index in [0.29, 0.717) is 11.3 Å². The summed E-state index contributed by atoms with van der Waals surface area (Å²) in [6.45, 7) is 0.269. The van der Waals surface area contributed by atoms with Gasteiger partial charge in [-0.05, 0) is 54.1 Å². The van der Waals surface area contributed by atoms with E-state index in [0.717, 1.165) is 11.6 Å². The zero-order valence-electron chi connectivity index (χ0n) is 16.1. The zero-order valence-corrected chi connectivity index (χ0v) is 16.1. The monoisotopic (exact) mass is 406 g/mol. The predicted octanol–water partition coefficient (Wildman–Crippen LogP) is 3.41. The van der Waals surface area contributed by atoms with Crippen molar-refractivity contribution in [2.75, 3.05) is 12.4 Å². The van der Waals surface area contributed by atoms with Crippen LogP contribution in [0.1, 0.15) is 26.3 Å². The molecule has 7 nitrogen and oxygen atoms in total. The van der Waals surface area contributed by atoms with Crippen LogP contribution in [0.5, 0.6) is 0 Å². The lowest BCUT2D eigenvalue weighted by Crippen LogP contribution is -2.36. The van der Waals surface area contributed by atoms with Crippen LogP contribution in [-0.4, -0.2) is 29.9 Å². The number of guanidine groups is 1. The van der Waals surface area contributed by atoms with E-state index in [9.17, 15) is 14.0 Å². The molecule has 1 amide bonds. The van der Waals surface area contributed by atoms with Gasteiger partial charge >= 0.3 is 5.97 Å². The first-order valence-electron chi connectivity index (χ1n) is 9.01. The van der Waals surface area contributed by atoms with Crippen molar-refractivity contribution < 1.29 is 18.7 Å². The number of aliphatic imine (C=N–C) groups is 1. The molecule has 0 fully saturated rings. The van der Waals surface area contributed by atoms with Crippen LogP contribution in [0.25, 0.3) is 0 Å². The van der Waals surface area contributed by atoms with Crippen LogP contribution in [0.3, 0.4) is 0 Å². The van der Waals surface area contributed by atoms with Crippen LogP contribution in [0.15, 0.2) is 78.0 Å². The summed E-state index contributed by atoms with van der Waals surface area (Å²) in [5.41, 5.74) is 1.89. The maximum Gasteiger partial charge on any atom is 0.337 e. The van der Waals surface area contributed by atoms with Crippen LogP contribution in [-0.2, 0) is 11.3 Å². The molecule has 3 rings (SSSR count). The summed E-state index contributed by atoms with van der Waals surface area (Å²) in [4.78, 5) is 32.7. The first kappa shape index (κ1) is 20.7. The Bertz CT molecular complexity index is 1070. The maximum atomic E-state index is 13.5. The SMILES string of the molecule is COC(=O)c1cccc(NC(=NCc2ccncc2)NC(=O)c2cccc(F)c2)c1. The number of anilines is 1. The molecular weight excluding hydrogens is 387 g/mol. The Hall–Kier alpha value is -4.07. The van der Waals surface area contributed by atoms with Gasteiger partial charge in [0, 0.05) is 23.6 Å². The van der Waals surface area contributed by atoms with Gasteiger partial charge in [-0.15, -0.1) is 0 Å². The van der Waals surface area contributed by atoms with E-state index in [1.807, 2.05) is 0 Å². The van der Waals surface area contributed by atoms with Crippen molar-refractivity contribution in [1.82, 2.24) is 10.3 Å². The normalized spacial score (nSPS) is 10.9. The summed E-state index contributed by atoms with van der Waals surface area (Å²) in [6.07, 6.45) is 3.28. The number of carbonyl (C=O) groups excluding carboxylic acids is 2. The first-order valence-corrected chi connectivity index (χ1v) is 9.01. The van der Waals surface area contributed by atoms with Crippen LogP contribution < -0.4 is 10.6 Å². The summed E-state index contributed by atoms with van der Waals surface area (Å²) in [7, 11) is 1.29. The predicted molar refractivity (Wildman–Crippen MR) is 111 cm³/mol. The first-order chi connectivity index (χ1) is 14.5. The molecule has 152 valence electrons. The number of benzene rings is 2. The van der Waals surface area contributed by atoms with Crippen molar-refractivity contribution in [3.05, 3.63) is 95.6 Å². The third kappa shape index (κ3) is 5.71. The minimum atomic E-state index is -0.528. The van der Waals surface area contributed by atoms with Crippen molar-refractivity contribution in [1.29, 1.82) is 0 Å². The van der Waals surface area contributed by atoms with Gasteiger partial charge < -0.3 is 10.1 Å². The molecule has 0 bridgehead atoms. The highest BCUT2D eigenvalue weighted by atomic mass is 19.1. The van der Waals surface area contributed by atoms with Gasteiger partial charge in [0.2, 0.25) is 5.96 Å². The van der Waals surface area contributed by atoms with Gasteiger partial charge in [0.25, 0.3) is 5.91 Å². The number of amides is 1. The number of ether oxygens (including phenoxy) is 1. The van der Waals surface area contributed by atoms with Crippen LogP contribution >= 0.6 is 0 Å². The Balaban J connectivity index is 1.83. The summed E-state index contributed by atoms with van der Waals surface area (Å²) < 4.78 is 18.2. The number of methoxy groups -OCH3 is 1. The standard InChI is InChI=1S/C22H19FN4O3/c1-30-21(29)17-5-3-7-19(13-17)26-22(25-14-15-8-10-24-11-9-15)27-20(28)16-4-2-6-18(23)12-16/h2-13H,14H2,1H3,(H2,25,26,27,28). The molecule has 0 saturated heterocycles. The summed E-state index contributed by atoms with van der Waals surface area (Å²) in [6, 6.07) is 15.5. The smallest absolute Gasteiger partial charge is 0.337 e. The van der Waals surface area contributed by atoms with Crippen LogP contribution in [0.4, 0.5) is 10.1 Å². The number of aromatic nitrogens is 1.